The third kappa shape index (κ3) is 2.97. The fourth-order valence-electron chi connectivity index (χ4n) is 1.55. The molecule has 0 aliphatic heterocycles. The maximum atomic E-state index is 12.1. The third-order valence-electron chi connectivity index (χ3n) is 2.52. The highest BCUT2D eigenvalue weighted by atomic mass is 16.6. The van der Waals surface area contributed by atoms with Crippen molar-refractivity contribution in [3.8, 4) is 0 Å². The zero-order chi connectivity index (χ0) is 15.3. The van der Waals surface area contributed by atoms with E-state index in [4.69, 9.17) is 0 Å². The number of nitro groups is 1. The second kappa shape index (κ2) is 6.41. The Balaban J connectivity index is 3.20. The van der Waals surface area contributed by atoms with Gasteiger partial charge in [0.25, 0.3) is 11.6 Å². The van der Waals surface area contributed by atoms with E-state index in [-0.39, 0.29) is 34.7 Å². The number of carbonyl (C=O) groups excluding carboxylic acids is 3. The Bertz CT molecular complexity index is 569. The molecule has 1 aromatic rings. The summed E-state index contributed by atoms with van der Waals surface area (Å²) in [4.78, 5) is 44.7. The summed E-state index contributed by atoms with van der Waals surface area (Å²) in [6.45, 7) is 2.87. The smallest absolute Gasteiger partial charge is 0.423 e. The first-order valence-corrected chi connectivity index (χ1v) is 5.63. The summed E-state index contributed by atoms with van der Waals surface area (Å²) < 4.78 is 4.56. The van der Waals surface area contributed by atoms with Gasteiger partial charge in [-0.2, -0.15) is 4.90 Å². The Morgan fingerprint density at radius 3 is 2.60 bits per heavy atom. The van der Waals surface area contributed by atoms with E-state index in [1.165, 1.54) is 32.0 Å². The number of amides is 3. The minimum Gasteiger partial charge on any atom is -0.449 e. The zero-order valence-corrected chi connectivity index (χ0v) is 10.9. The Kier molecular flexibility index (Phi) is 4.90. The molecule has 8 heteroatoms. The van der Waals surface area contributed by atoms with Gasteiger partial charge in [-0.15, -0.1) is 0 Å². The molecule has 0 saturated carbocycles. The van der Waals surface area contributed by atoms with Crippen LogP contribution in [0.15, 0.2) is 18.2 Å². The van der Waals surface area contributed by atoms with Crippen molar-refractivity contribution >= 4 is 24.1 Å². The van der Waals surface area contributed by atoms with Crippen LogP contribution in [0.5, 0.6) is 0 Å². The van der Waals surface area contributed by atoms with Crippen LogP contribution in [0, 0.1) is 17.0 Å². The maximum Gasteiger partial charge on any atom is 0.423 e. The summed E-state index contributed by atoms with van der Waals surface area (Å²) in [7, 11) is 0. The summed E-state index contributed by atoms with van der Waals surface area (Å²) in [6.07, 6.45) is -1.11. The van der Waals surface area contributed by atoms with Crippen LogP contribution in [0.1, 0.15) is 22.8 Å². The van der Waals surface area contributed by atoms with E-state index in [1.54, 1.807) is 0 Å². The van der Waals surface area contributed by atoms with Crippen molar-refractivity contribution in [2.24, 2.45) is 0 Å². The molecule has 106 valence electrons. The number of ether oxygens (including phenoxy) is 1. The van der Waals surface area contributed by atoms with Crippen molar-refractivity contribution < 1.29 is 24.0 Å². The summed E-state index contributed by atoms with van der Waals surface area (Å²) >= 11 is 0. The van der Waals surface area contributed by atoms with Crippen LogP contribution >= 0.6 is 0 Å². The lowest BCUT2D eigenvalue weighted by Gasteiger charge is -2.14. The predicted molar refractivity (Wildman–Crippen MR) is 67.1 cm³/mol. The minimum absolute atomic E-state index is 0.00955. The standard InChI is InChI=1S/C12H12N2O6/c1-3-20-12(17)13(7-15)11(16)9-5-4-6-10(8(9)2)14(18)19/h4-7H,3H2,1-2H3. The van der Waals surface area contributed by atoms with Crippen molar-refractivity contribution in [2.75, 3.05) is 6.61 Å². The first-order chi connectivity index (χ1) is 9.43. The SMILES string of the molecule is CCOC(=O)N(C=O)C(=O)c1cccc([N+](=O)[O-])c1C. The van der Waals surface area contributed by atoms with E-state index in [0.29, 0.717) is 0 Å². The lowest BCUT2D eigenvalue weighted by Crippen LogP contribution is -2.36. The van der Waals surface area contributed by atoms with Crippen molar-refractivity contribution in [1.82, 2.24) is 4.90 Å². The first-order valence-electron chi connectivity index (χ1n) is 5.63. The molecule has 0 spiro atoms. The lowest BCUT2D eigenvalue weighted by atomic mass is 10.1. The van der Waals surface area contributed by atoms with Gasteiger partial charge in [0.15, 0.2) is 0 Å². The van der Waals surface area contributed by atoms with Crippen molar-refractivity contribution in [1.29, 1.82) is 0 Å². The number of benzene rings is 1. The van der Waals surface area contributed by atoms with Gasteiger partial charge < -0.3 is 4.74 Å². The molecule has 0 bridgehead atoms. The Morgan fingerprint density at radius 2 is 2.10 bits per heavy atom. The number of hydrogen-bond donors (Lipinski definition) is 0. The summed E-state index contributed by atoms with van der Waals surface area (Å²) in [6, 6.07) is 3.81. The molecule has 1 rings (SSSR count). The van der Waals surface area contributed by atoms with E-state index in [9.17, 15) is 24.5 Å². The van der Waals surface area contributed by atoms with Crippen LogP contribution in [0.3, 0.4) is 0 Å². The van der Waals surface area contributed by atoms with Gasteiger partial charge in [-0.05, 0) is 19.9 Å². The van der Waals surface area contributed by atoms with Gasteiger partial charge in [-0.1, -0.05) is 6.07 Å². The second-order valence-electron chi connectivity index (χ2n) is 3.69. The third-order valence-corrected chi connectivity index (χ3v) is 2.52. The molecule has 0 heterocycles. The predicted octanol–water partition coefficient (Wildman–Crippen LogP) is 1.66. The second-order valence-corrected chi connectivity index (χ2v) is 3.69. The monoisotopic (exact) mass is 280 g/mol. The zero-order valence-electron chi connectivity index (χ0n) is 10.9. The number of nitro benzene ring substituents is 1. The van der Waals surface area contributed by atoms with E-state index in [1.807, 2.05) is 0 Å². The molecule has 0 N–H and O–H groups in total. The topological polar surface area (TPSA) is 107 Å². The average Bonchev–Trinajstić information content (AvgIpc) is 2.39. The largest absolute Gasteiger partial charge is 0.449 e. The lowest BCUT2D eigenvalue weighted by molar-refractivity contribution is -0.385. The highest BCUT2D eigenvalue weighted by Gasteiger charge is 2.27. The minimum atomic E-state index is -1.13. The molecular formula is C12H12N2O6. The van der Waals surface area contributed by atoms with Crippen LogP contribution < -0.4 is 0 Å². The van der Waals surface area contributed by atoms with Gasteiger partial charge in [-0.3, -0.25) is 19.7 Å². The number of rotatable bonds is 4. The molecule has 3 amide bonds. The summed E-state index contributed by atoms with van der Waals surface area (Å²) in [5.74, 6) is -0.973. The molecule has 0 saturated heterocycles. The van der Waals surface area contributed by atoms with E-state index in [2.05, 4.69) is 4.74 Å². The molecule has 8 nitrogen and oxygen atoms in total. The molecular weight excluding hydrogens is 268 g/mol. The normalized spacial score (nSPS) is 9.70. The van der Waals surface area contributed by atoms with Gasteiger partial charge in [0.2, 0.25) is 6.41 Å². The number of imide groups is 3. The maximum absolute atomic E-state index is 12.1. The number of carbonyl (C=O) groups is 3. The average molecular weight is 280 g/mol. The molecule has 0 atom stereocenters. The van der Waals surface area contributed by atoms with Crippen LogP contribution in [0.2, 0.25) is 0 Å². The molecule has 0 fully saturated rings. The number of nitrogens with zero attached hydrogens (tertiary/aromatic N) is 2. The highest BCUT2D eigenvalue weighted by molar-refractivity contribution is 6.11. The molecule has 0 unspecified atom stereocenters. The van der Waals surface area contributed by atoms with Gasteiger partial charge in [0.1, 0.15) is 0 Å². The molecule has 0 radical (unpaired) electrons. The van der Waals surface area contributed by atoms with Gasteiger partial charge in [-0.25, -0.2) is 4.79 Å². The summed E-state index contributed by atoms with van der Waals surface area (Å²) in [5.41, 5.74) is -0.316. The van der Waals surface area contributed by atoms with Crippen molar-refractivity contribution in [2.45, 2.75) is 13.8 Å². The van der Waals surface area contributed by atoms with Crippen molar-refractivity contribution in [3.05, 3.63) is 39.4 Å². The van der Waals surface area contributed by atoms with E-state index >= 15 is 0 Å². The quantitative estimate of drug-likeness (QED) is 0.471. The van der Waals surface area contributed by atoms with Gasteiger partial charge >= 0.3 is 6.09 Å². The highest BCUT2D eigenvalue weighted by Crippen LogP contribution is 2.22. The van der Waals surface area contributed by atoms with Gasteiger partial charge in [0.05, 0.1) is 17.1 Å². The molecule has 0 aromatic heterocycles. The fraction of sp³-hybridized carbons (Fsp3) is 0.250. The first kappa shape index (κ1) is 15.3. The van der Waals surface area contributed by atoms with Crippen LogP contribution in [0.4, 0.5) is 10.5 Å². The van der Waals surface area contributed by atoms with Crippen molar-refractivity contribution in [3.63, 3.8) is 0 Å². The van der Waals surface area contributed by atoms with Gasteiger partial charge in [0, 0.05) is 11.6 Å². The summed E-state index contributed by atoms with van der Waals surface area (Å²) in [5, 5.41) is 10.8. The van der Waals surface area contributed by atoms with Crippen LogP contribution in [-0.4, -0.2) is 34.8 Å². The van der Waals surface area contributed by atoms with Crippen LogP contribution in [0.25, 0.3) is 0 Å². The Morgan fingerprint density at radius 1 is 1.45 bits per heavy atom. The van der Waals surface area contributed by atoms with E-state index in [0.717, 1.165) is 0 Å². The fourth-order valence-corrected chi connectivity index (χ4v) is 1.55. The number of hydrogen-bond acceptors (Lipinski definition) is 6. The van der Waals surface area contributed by atoms with Crippen LogP contribution in [-0.2, 0) is 9.53 Å². The molecule has 0 aliphatic rings. The molecule has 0 aliphatic carbocycles. The Hall–Kier alpha value is -2.77. The molecule has 1 aromatic carbocycles. The Labute approximate surface area is 114 Å². The molecule has 20 heavy (non-hydrogen) atoms. The van der Waals surface area contributed by atoms with E-state index < -0.39 is 16.9 Å².